The number of aryl methyl sites for hydroxylation is 1. The normalized spacial score (nSPS) is 21.5. The van der Waals surface area contributed by atoms with E-state index in [-0.39, 0.29) is 0 Å². The molecule has 0 aliphatic heterocycles. The summed E-state index contributed by atoms with van der Waals surface area (Å²) in [4.78, 5) is 15.4. The molecule has 2 N–H and O–H groups in total. The molecule has 0 saturated heterocycles. The van der Waals surface area contributed by atoms with Gasteiger partial charge in [0, 0.05) is 29.6 Å². The van der Waals surface area contributed by atoms with Crippen LogP contribution in [0.4, 0.5) is 8.78 Å². The maximum atomic E-state index is 13.0. The summed E-state index contributed by atoms with van der Waals surface area (Å²) in [5, 5.41) is 4.66. The zero-order valence-electron chi connectivity index (χ0n) is 17.6. The fraction of sp³-hybridized carbons (Fsp3) is 0.429. The van der Waals surface area contributed by atoms with Gasteiger partial charge in [0.2, 0.25) is 0 Å². The molecular weight excluding hydrogens is 402 g/mol. The van der Waals surface area contributed by atoms with Crippen molar-refractivity contribution in [3.05, 3.63) is 42.4 Å². The Bertz CT molecular complexity index is 1270. The van der Waals surface area contributed by atoms with Crippen LogP contribution in [0.15, 0.2) is 30.7 Å². The van der Waals surface area contributed by atoms with Crippen molar-refractivity contribution in [2.24, 2.45) is 5.73 Å². The van der Waals surface area contributed by atoms with Crippen LogP contribution in [0.25, 0.3) is 27.8 Å². The third-order valence-corrected chi connectivity index (χ3v) is 6.22. The summed E-state index contributed by atoms with van der Waals surface area (Å²) in [5.74, 6) is 1.14. The lowest BCUT2D eigenvalue weighted by molar-refractivity contribution is 0.0865. The summed E-state index contributed by atoms with van der Waals surface area (Å²) in [6.45, 7) is 1.29. The molecule has 0 radical (unpaired) electrons. The number of halogens is 2. The highest BCUT2D eigenvalue weighted by Crippen LogP contribution is 2.39. The molecule has 4 aromatic rings. The highest BCUT2D eigenvalue weighted by molar-refractivity contribution is 5.85. The molecule has 0 amide bonds. The van der Waals surface area contributed by atoms with Crippen molar-refractivity contribution in [3.8, 4) is 11.1 Å². The summed E-state index contributed by atoms with van der Waals surface area (Å²) in [5.41, 5.74) is 9.51. The van der Waals surface area contributed by atoms with Crippen molar-refractivity contribution in [3.63, 3.8) is 0 Å². The van der Waals surface area contributed by atoms with Gasteiger partial charge in [-0.2, -0.15) is 5.10 Å². The van der Waals surface area contributed by atoms with Crippen LogP contribution >= 0.6 is 0 Å². The Hall–Kier alpha value is -2.98. The van der Waals surface area contributed by atoms with E-state index >= 15 is 0 Å². The molecule has 1 saturated carbocycles. The monoisotopic (exact) mass is 426 g/mol. The van der Waals surface area contributed by atoms with Crippen molar-refractivity contribution in [2.75, 3.05) is 14.1 Å². The van der Waals surface area contributed by atoms with Crippen molar-refractivity contribution in [1.82, 2.24) is 34.0 Å². The summed E-state index contributed by atoms with van der Waals surface area (Å²) in [7, 11) is 4.10. The number of hydrogen-bond acceptors (Lipinski definition) is 6. The molecule has 1 fully saturated rings. The number of hydrogen-bond donors (Lipinski definition) is 1. The molecule has 4 aromatic heterocycles. The summed E-state index contributed by atoms with van der Waals surface area (Å²) in [6.07, 6.45) is 4.47. The van der Waals surface area contributed by atoms with Gasteiger partial charge in [0.05, 0.1) is 29.3 Å². The second-order valence-corrected chi connectivity index (χ2v) is 8.55. The van der Waals surface area contributed by atoms with Crippen LogP contribution in [0.1, 0.15) is 24.5 Å². The number of pyridine rings is 1. The number of fused-ring (bicyclic) bond motifs is 2. The lowest BCUT2D eigenvalue weighted by Crippen LogP contribution is -2.57. The van der Waals surface area contributed by atoms with E-state index in [1.165, 1.54) is 4.57 Å². The van der Waals surface area contributed by atoms with Crippen LogP contribution in [-0.2, 0) is 12.1 Å². The SMILES string of the molecule is Cc1nc2ncc(-c3ccn4nc(C5(N)CC(N(C)C)C5)ncc34)cc2n1CC(F)F. The predicted octanol–water partition coefficient (Wildman–Crippen LogP) is 2.59. The van der Waals surface area contributed by atoms with Gasteiger partial charge in [-0.15, -0.1) is 0 Å². The molecule has 1 aliphatic rings. The van der Waals surface area contributed by atoms with Gasteiger partial charge in [0.25, 0.3) is 6.43 Å². The van der Waals surface area contributed by atoms with E-state index in [4.69, 9.17) is 5.73 Å². The number of imidazole rings is 1. The molecule has 4 heterocycles. The Balaban J connectivity index is 1.52. The predicted molar refractivity (Wildman–Crippen MR) is 113 cm³/mol. The standard InChI is InChI=1S/C21H24F2N8/c1-12-27-19-16(30(12)11-18(22)23)6-13(9-25-19)15-4-5-31-17(15)10-26-20(28-31)21(24)7-14(8-21)29(2)3/h4-6,9-10,14,18H,7-8,11,24H2,1-3H3. The summed E-state index contributed by atoms with van der Waals surface area (Å²) >= 11 is 0. The largest absolute Gasteiger partial charge is 0.321 e. The highest BCUT2D eigenvalue weighted by Gasteiger charge is 2.45. The quantitative estimate of drug-likeness (QED) is 0.528. The Kier molecular flexibility index (Phi) is 4.52. The minimum absolute atomic E-state index is 0.414. The number of nitrogens with zero attached hydrogens (tertiary/aromatic N) is 7. The van der Waals surface area contributed by atoms with Crippen molar-refractivity contribution in [1.29, 1.82) is 0 Å². The van der Waals surface area contributed by atoms with E-state index in [1.54, 1.807) is 23.8 Å². The molecule has 0 aromatic carbocycles. The number of alkyl halides is 2. The summed E-state index contributed by atoms with van der Waals surface area (Å²) < 4.78 is 29.3. The molecule has 0 unspecified atom stereocenters. The smallest absolute Gasteiger partial charge is 0.256 e. The van der Waals surface area contributed by atoms with E-state index in [2.05, 4.69) is 25.0 Å². The van der Waals surface area contributed by atoms with Crippen molar-refractivity contribution >= 4 is 16.7 Å². The van der Waals surface area contributed by atoms with Crippen LogP contribution in [-0.4, -0.2) is 60.6 Å². The molecule has 5 rings (SSSR count). The van der Waals surface area contributed by atoms with Crippen molar-refractivity contribution < 1.29 is 8.78 Å². The highest BCUT2D eigenvalue weighted by atomic mass is 19.3. The van der Waals surface area contributed by atoms with Crippen LogP contribution in [0.5, 0.6) is 0 Å². The minimum Gasteiger partial charge on any atom is -0.321 e. The van der Waals surface area contributed by atoms with E-state index < -0.39 is 18.5 Å². The van der Waals surface area contributed by atoms with Gasteiger partial charge in [0.15, 0.2) is 11.5 Å². The fourth-order valence-corrected chi connectivity index (χ4v) is 4.34. The van der Waals surface area contributed by atoms with Gasteiger partial charge in [-0.1, -0.05) is 0 Å². The van der Waals surface area contributed by atoms with Gasteiger partial charge in [-0.25, -0.2) is 28.2 Å². The second-order valence-electron chi connectivity index (χ2n) is 8.55. The Morgan fingerprint density at radius 3 is 2.71 bits per heavy atom. The molecule has 162 valence electrons. The van der Waals surface area contributed by atoms with Gasteiger partial charge < -0.3 is 15.2 Å². The first-order chi connectivity index (χ1) is 14.7. The first kappa shape index (κ1) is 20.0. The van der Waals surface area contributed by atoms with Crippen LogP contribution < -0.4 is 5.73 Å². The van der Waals surface area contributed by atoms with E-state index in [9.17, 15) is 8.78 Å². The molecule has 0 bridgehead atoms. The Labute approximate surface area is 177 Å². The first-order valence-corrected chi connectivity index (χ1v) is 10.2. The minimum atomic E-state index is -2.47. The van der Waals surface area contributed by atoms with Gasteiger partial charge in [-0.05, 0) is 46.0 Å². The topological polar surface area (TPSA) is 90.2 Å². The van der Waals surface area contributed by atoms with Crippen LogP contribution in [0, 0.1) is 6.92 Å². The maximum Gasteiger partial charge on any atom is 0.256 e. The number of nitrogens with two attached hydrogens (primary N) is 1. The molecule has 31 heavy (non-hydrogen) atoms. The fourth-order valence-electron chi connectivity index (χ4n) is 4.34. The van der Waals surface area contributed by atoms with E-state index in [1.807, 2.05) is 32.4 Å². The van der Waals surface area contributed by atoms with E-state index in [0.717, 1.165) is 29.5 Å². The molecule has 1 aliphatic carbocycles. The third-order valence-electron chi connectivity index (χ3n) is 6.22. The zero-order valence-corrected chi connectivity index (χ0v) is 17.6. The number of rotatable bonds is 5. The average molecular weight is 426 g/mol. The summed E-state index contributed by atoms with van der Waals surface area (Å²) in [6, 6.07) is 4.19. The molecule has 10 heteroatoms. The average Bonchev–Trinajstić information content (AvgIpc) is 3.25. The van der Waals surface area contributed by atoms with Gasteiger partial charge in [0.1, 0.15) is 5.82 Å². The first-order valence-electron chi connectivity index (χ1n) is 10.2. The van der Waals surface area contributed by atoms with Crippen molar-refractivity contribution in [2.45, 2.75) is 44.3 Å². The van der Waals surface area contributed by atoms with E-state index in [0.29, 0.717) is 28.9 Å². The Morgan fingerprint density at radius 2 is 2.00 bits per heavy atom. The lowest BCUT2D eigenvalue weighted by Gasteiger charge is -2.46. The Morgan fingerprint density at radius 1 is 1.23 bits per heavy atom. The maximum absolute atomic E-state index is 13.0. The number of aromatic nitrogens is 6. The van der Waals surface area contributed by atoms with Gasteiger partial charge in [-0.3, -0.25) is 0 Å². The van der Waals surface area contributed by atoms with Gasteiger partial charge >= 0.3 is 0 Å². The van der Waals surface area contributed by atoms with Crippen LogP contribution in [0.2, 0.25) is 0 Å². The van der Waals surface area contributed by atoms with Crippen LogP contribution in [0.3, 0.4) is 0 Å². The molecular formula is C21H24F2N8. The molecule has 0 spiro atoms. The molecule has 0 atom stereocenters. The lowest BCUT2D eigenvalue weighted by atomic mass is 9.72. The third kappa shape index (κ3) is 3.26. The molecule has 8 nitrogen and oxygen atoms in total. The second kappa shape index (κ2) is 7.03. The zero-order chi connectivity index (χ0) is 21.9.